The van der Waals surface area contributed by atoms with Gasteiger partial charge < -0.3 is 9.80 Å². The number of benzene rings is 1. The Morgan fingerprint density at radius 1 is 1.30 bits per heavy atom. The summed E-state index contributed by atoms with van der Waals surface area (Å²) in [5.41, 5.74) is 1.63. The summed E-state index contributed by atoms with van der Waals surface area (Å²) < 4.78 is 0. The van der Waals surface area contributed by atoms with Crippen molar-refractivity contribution in [1.82, 2.24) is 4.90 Å². The van der Waals surface area contributed by atoms with E-state index in [-0.39, 0.29) is 0 Å². The number of hydrogen-bond donors (Lipinski definition) is 0. The molecule has 2 saturated heterocycles. The molecule has 2 fully saturated rings. The minimum Gasteiger partial charge on any atom is -0.370 e. The lowest BCUT2D eigenvalue weighted by Gasteiger charge is -2.46. The smallest absolute Gasteiger partial charge is 0.103 e. The first-order valence-corrected chi connectivity index (χ1v) is 7.72. The Kier molecular flexibility index (Phi) is 3.87. The quantitative estimate of drug-likeness (QED) is 0.796. The Labute approximate surface area is 125 Å². The molecular weight excluding hydrogens is 270 g/mol. The molecule has 106 valence electrons. The monoisotopic (exact) mass is 289 g/mol. The van der Waals surface area contributed by atoms with E-state index < -0.39 is 0 Å². The highest BCUT2D eigenvalue weighted by Gasteiger charge is 2.34. The topological polar surface area (TPSA) is 30.3 Å². The normalized spacial score (nSPS) is 26.9. The van der Waals surface area contributed by atoms with Crippen LogP contribution in [0.4, 0.5) is 5.69 Å². The van der Waals surface area contributed by atoms with Crippen molar-refractivity contribution in [1.29, 1.82) is 5.26 Å². The molecule has 2 aliphatic rings. The average molecular weight is 290 g/mol. The van der Waals surface area contributed by atoms with Crippen LogP contribution < -0.4 is 4.90 Å². The Morgan fingerprint density at radius 2 is 2.15 bits per heavy atom. The third-order valence-electron chi connectivity index (χ3n) is 4.79. The number of nitriles is 1. The molecule has 0 N–H and O–H groups in total. The maximum Gasteiger partial charge on any atom is 0.103 e. The largest absolute Gasteiger partial charge is 0.370 e. The summed E-state index contributed by atoms with van der Waals surface area (Å²) in [7, 11) is 2.24. The molecule has 1 aromatic rings. The molecule has 0 aromatic heterocycles. The summed E-state index contributed by atoms with van der Waals surface area (Å²) in [6.07, 6.45) is 3.76. The molecule has 4 heteroatoms. The number of hydrogen-bond acceptors (Lipinski definition) is 3. The van der Waals surface area contributed by atoms with Crippen LogP contribution in [0.5, 0.6) is 0 Å². The summed E-state index contributed by atoms with van der Waals surface area (Å²) >= 11 is 6.15. The van der Waals surface area contributed by atoms with E-state index in [0.29, 0.717) is 22.5 Å². The molecule has 2 unspecified atom stereocenters. The molecule has 2 heterocycles. The summed E-state index contributed by atoms with van der Waals surface area (Å²) in [4.78, 5) is 4.86. The molecule has 20 heavy (non-hydrogen) atoms. The highest BCUT2D eigenvalue weighted by Crippen LogP contribution is 2.34. The summed E-state index contributed by atoms with van der Waals surface area (Å²) in [6, 6.07) is 8.73. The number of rotatable bonds is 1. The second-order valence-corrected chi connectivity index (χ2v) is 6.34. The van der Waals surface area contributed by atoms with Crippen molar-refractivity contribution >= 4 is 17.3 Å². The van der Waals surface area contributed by atoms with E-state index in [1.54, 1.807) is 6.07 Å². The van der Waals surface area contributed by atoms with Crippen molar-refractivity contribution in [3.8, 4) is 6.07 Å². The Hall–Kier alpha value is -1.24. The number of anilines is 1. The number of likely N-dealkylation sites (tertiary alicyclic amines) is 1. The van der Waals surface area contributed by atoms with Gasteiger partial charge in [-0.05, 0) is 50.9 Å². The maximum absolute atomic E-state index is 9.34. The molecule has 0 amide bonds. The van der Waals surface area contributed by atoms with Gasteiger partial charge in [-0.25, -0.2) is 0 Å². The molecule has 3 nitrogen and oxygen atoms in total. The fraction of sp³-hybridized carbons (Fsp3) is 0.562. The zero-order valence-corrected chi connectivity index (χ0v) is 12.6. The van der Waals surface area contributed by atoms with Gasteiger partial charge in [0.05, 0.1) is 16.3 Å². The van der Waals surface area contributed by atoms with Crippen molar-refractivity contribution in [3.63, 3.8) is 0 Å². The lowest BCUT2D eigenvalue weighted by atomic mass is 9.84. The summed E-state index contributed by atoms with van der Waals surface area (Å²) in [6.45, 7) is 3.28. The van der Waals surface area contributed by atoms with Gasteiger partial charge in [0.2, 0.25) is 0 Å². The molecule has 3 rings (SSSR count). The van der Waals surface area contributed by atoms with Crippen LogP contribution in [0.2, 0.25) is 5.02 Å². The SMILES string of the molecule is CN1CCCC2CN(c3cccc(Cl)c3C#N)CCC21. The van der Waals surface area contributed by atoms with Crippen molar-refractivity contribution < 1.29 is 0 Å². The third kappa shape index (κ3) is 2.39. The first-order chi connectivity index (χ1) is 9.70. The van der Waals surface area contributed by atoms with Crippen molar-refractivity contribution in [2.75, 3.05) is 31.6 Å². The molecule has 0 bridgehead atoms. The van der Waals surface area contributed by atoms with Gasteiger partial charge in [0, 0.05) is 19.1 Å². The lowest BCUT2D eigenvalue weighted by molar-refractivity contribution is 0.102. The van der Waals surface area contributed by atoms with E-state index in [4.69, 9.17) is 11.6 Å². The molecule has 0 spiro atoms. The van der Waals surface area contributed by atoms with E-state index in [1.165, 1.54) is 25.8 Å². The van der Waals surface area contributed by atoms with Crippen LogP contribution in [0.15, 0.2) is 18.2 Å². The standard InChI is InChI=1S/C16H20ClN3/c1-19-8-3-4-12-11-20(9-7-15(12)19)16-6-2-5-14(17)13(16)10-18/h2,5-6,12,15H,3-4,7-9,11H2,1H3. The van der Waals surface area contributed by atoms with E-state index in [9.17, 15) is 5.26 Å². The Morgan fingerprint density at radius 3 is 2.95 bits per heavy atom. The zero-order chi connectivity index (χ0) is 14.1. The van der Waals surface area contributed by atoms with Gasteiger partial charge in [-0.1, -0.05) is 17.7 Å². The highest BCUT2D eigenvalue weighted by molar-refractivity contribution is 6.32. The number of fused-ring (bicyclic) bond motifs is 1. The fourth-order valence-electron chi connectivity index (χ4n) is 3.76. The van der Waals surface area contributed by atoms with E-state index >= 15 is 0 Å². The second kappa shape index (κ2) is 5.63. The molecule has 2 atom stereocenters. The molecular formula is C16H20ClN3. The number of piperidine rings is 2. The van der Waals surface area contributed by atoms with Crippen LogP contribution in [-0.2, 0) is 0 Å². The Bertz CT molecular complexity index is 537. The van der Waals surface area contributed by atoms with E-state index in [1.807, 2.05) is 12.1 Å². The lowest BCUT2D eigenvalue weighted by Crippen LogP contribution is -2.52. The van der Waals surface area contributed by atoms with E-state index in [0.717, 1.165) is 18.8 Å². The van der Waals surface area contributed by atoms with Gasteiger partial charge >= 0.3 is 0 Å². The molecule has 0 saturated carbocycles. The fourth-order valence-corrected chi connectivity index (χ4v) is 3.97. The van der Waals surface area contributed by atoms with Gasteiger partial charge in [-0.2, -0.15) is 5.26 Å². The van der Waals surface area contributed by atoms with E-state index in [2.05, 4.69) is 22.9 Å². The van der Waals surface area contributed by atoms with Crippen LogP contribution >= 0.6 is 11.6 Å². The third-order valence-corrected chi connectivity index (χ3v) is 5.10. The van der Waals surface area contributed by atoms with Crippen LogP contribution in [0, 0.1) is 17.2 Å². The van der Waals surface area contributed by atoms with Crippen LogP contribution in [-0.4, -0.2) is 37.6 Å². The minimum atomic E-state index is 0.563. The maximum atomic E-state index is 9.34. The highest BCUT2D eigenvalue weighted by atomic mass is 35.5. The molecule has 0 aliphatic carbocycles. The average Bonchev–Trinajstić information content (AvgIpc) is 2.47. The van der Waals surface area contributed by atoms with Crippen LogP contribution in [0.3, 0.4) is 0 Å². The van der Waals surface area contributed by atoms with Crippen LogP contribution in [0.1, 0.15) is 24.8 Å². The summed E-state index contributed by atoms with van der Waals surface area (Å²) in [5.74, 6) is 0.716. The van der Waals surface area contributed by atoms with Gasteiger partial charge in [-0.15, -0.1) is 0 Å². The molecule has 2 aliphatic heterocycles. The predicted molar refractivity (Wildman–Crippen MR) is 82.1 cm³/mol. The summed E-state index contributed by atoms with van der Waals surface area (Å²) in [5, 5.41) is 9.90. The van der Waals surface area contributed by atoms with Crippen LogP contribution in [0.25, 0.3) is 0 Å². The Balaban J connectivity index is 1.83. The van der Waals surface area contributed by atoms with Crippen molar-refractivity contribution in [3.05, 3.63) is 28.8 Å². The number of halogens is 1. The van der Waals surface area contributed by atoms with Gasteiger partial charge in [-0.3, -0.25) is 0 Å². The van der Waals surface area contributed by atoms with Gasteiger partial charge in [0.15, 0.2) is 0 Å². The predicted octanol–water partition coefficient (Wildman–Crippen LogP) is 3.13. The first-order valence-electron chi connectivity index (χ1n) is 7.34. The van der Waals surface area contributed by atoms with Gasteiger partial charge in [0.1, 0.15) is 6.07 Å². The minimum absolute atomic E-state index is 0.563. The first kappa shape index (κ1) is 13.7. The molecule has 1 aromatic carbocycles. The number of nitrogens with zero attached hydrogens (tertiary/aromatic N) is 3. The molecule has 0 radical (unpaired) electrons. The van der Waals surface area contributed by atoms with Crippen molar-refractivity contribution in [2.24, 2.45) is 5.92 Å². The zero-order valence-electron chi connectivity index (χ0n) is 11.8. The second-order valence-electron chi connectivity index (χ2n) is 5.93. The van der Waals surface area contributed by atoms with Crippen molar-refractivity contribution in [2.45, 2.75) is 25.3 Å². The van der Waals surface area contributed by atoms with Gasteiger partial charge in [0.25, 0.3) is 0 Å².